The van der Waals surface area contributed by atoms with Gasteiger partial charge in [-0.05, 0) is 31.0 Å². The third-order valence-corrected chi connectivity index (χ3v) is 4.45. The lowest BCUT2D eigenvalue weighted by atomic mass is 10.0. The maximum Gasteiger partial charge on any atom is 0.244 e. The highest BCUT2D eigenvalue weighted by atomic mass is 16.3. The van der Waals surface area contributed by atoms with E-state index in [2.05, 4.69) is 10.6 Å². The molecule has 0 bridgehead atoms. The number of anilines is 1. The fourth-order valence-electron chi connectivity index (χ4n) is 3.24. The van der Waals surface area contributed by atoms with E-state index in [0.717, 1.165) is 29.8 Å². The van der Waals surface area contributed by atoms with Crippen molar-refractivity contribution in [3.05, 3.63) is 29.3 Å². The molecule has 2 aliphatic heterocycles. The number of carbonyl (C=O) groups excluding carboxylic acids is 2. The number of nitrogens with two attached hydrogens (primary N) is 1. The number of benzene rings is 1. The fraction of sp³-hybridized carbons (Fsp3) is 0.500. The van der Waals surface area contributed by atoms with E-state index in [4.69, 9.17) is 5.73 Å². The van der Waals surface area contributed by atoms with Gasteiger partial charge in [-0.3, -0.25) is 19.8 Å². The van der Waals surface area contributed by atoms with Crippen LogP contribution in [0.2, 0.25) is 0 Å². The summed E-state index contributed by atoms with van der Waals surface area (Å²) in [5.74, 6) is -0.577. The Balaban J connectivity index is 1.78. The summed E-state index contributed by atoms with van der Waals surface area (Å²) in [4.78, 5) is 25.1. The topological polar surface area (TPSA) is 108 Å². The van der Waals surface area contributed by atoms with Crippen molar-refractivity contribution in [2.24, 2.45) is 5.73 Å². The van der Waals surface area contributed by atoms with E-state index in [9.17, 15) is 14.7 Å². The molecule has 124 valence electrons. The minimum Gasteiger partial charge on any atom is -0.385 e. The van der Waals surface area contributed by atoms with Crippen molar-refractivity contribution in [3.8, 4) is 0 Å². The molecule has 23 heavy (non-hydrogen) atoms. The monoisotopic (exact) mass is 318 g/mol. The summed E-state index contributed by atoms with van der Waals surface area (Å²) >= 11 is 0. The van der Waals surface area contributed by atoms with Crippen LogP contribution in [0.4, 0.5) is 5.69 Å². The van der Waals surface area contributed by atoms with Gasteiger partial charge < -0.3 is 16.2 Å². The molecule has 0 spiro atoms. The normalized spacial score (nSPS) is 24.4. The van der Waals surface area contributed by atoms with Crippen LogP contribution in [-0.4, -0.2) is 41.0 Å². The molecule has 2 atom stereocenters. The highest BCUT2D eigenvalue weighted by molar-refractivity contribution is 6.00. The molecule has 2 aliphatic rings. The number of carbonyl (C=O) groups is 2. The third kappa shape index (κ3) is 3.08. The van der Waals surface area contributed by atoms with Crippen molar-refractivity contribution in [2.75, 3.05) is 18.4 Å². The maximum absolute atomic E-state index is 12.1. The summed E-state index contributed by atoms with van der Waals surface area (Å²) in [6, 6.07) is 5.25. The number of aliphatic hydroxyl groups is 1. The molecule has 3 rings (SSSR count). The van der Waals surface area contributed by atoms with Gasteiger partial charge in [0.05, 0.1) is 6.04 Å². The van der Waals surface area contributed by atoms with E-state index in [1.54, 1.807) is 4.90 Å². The Bertz CT molecular complexity index is 619. The smallest absolute Gasteiger partial charge is 0.244 e. The summed E-state index contributed by atoms with van der Waals surface area (Å²) in [5.41, 5.74) is 8.29. The largest absolute Gasteiger partial charge is 0.385 e. The number of hydrogen-bond donors (Lipinski definition) is 4. The predicted molar refractivity (Wildman–Crippen MR) is 85.3 cm³/mol. The first-order chi connectivity index (χ1) is 11.1. The number of piperidine rings is 1. The van der Waals surface area contributed by atoms with Gasteiger partial charge in [-0.1, -0.05) is 12.1 Å². The molecule has 7 nitrogen and oxygen atoms in total. The third-order valence-electron chi connectivity index (χ3n) is 4.45. The van der Waals surface area contributed by atoms with E-state index in [-0.39, 0.29) is 11.8 Å². The lowest BCUT2D eigenvalue weighted by molar-refractivity contribution is -0.141. The molecule has 0 aromatic heterocycles. The molecular weight excluding hydrogens is 296 g/mol. The van der Waals surface area contributed by atoms with Gasteiger partial charge in [0, 0.05) is 30.8 Å². The summed E-state index contributed by atoms with van der Waals surface area (Å²) in [6.45, 7) is 1.86. The Kier molecular flexibility index (Phi) is 4.61. The van der Waals surface area contributed by atoms with Crippen LogP contribution < -0.4 is 16.4 Å². The van der Waals surface area contributed by atoms with E-state index in [0.29, 0.717) is 25.9 Å². The number of nitrogens with zero attached hydrogens (tertiary/aromatic N) is 1. The van der Waals surface area contributed by atoms with E-state index in [1.807, 2.05) is 18.2 Å². The van der Waals surface area contributed by atoms with Gasteiger partial charge in [-0.15, -0.1) is 0 Å². The Morgan fingerprint density at radius 3 is 2.96 bits per heavy atom. The van der Waals surface area contributed by atoms with Gasteiger partial charge in [0.15, 0.2) is 0 Å². The van der Waals surface area contributed by atoms with Crippen molar-refractivity contribution < 1.29 is 14.7 Å². The van der Waals surface area contributed by atoms with Gasteiger partial charge in [0.1, 0.15) is 6.23 Å². The van der Waals surface area contributed by atoms with Crippen molar-refractivity contribution in [2.45, 2.75) is 38.1 Å². The van der Waals surface area contributed by atoms with Crippen molar-refractivity contribution in [1.82, 2.24) is 10.2 Å². The predicted octanol–water partition coefficient (Wildman–Crippen LogP) is 0.0590. The summed E-state index contributed by atoms with van der Waals surface area (Å²) < 4.78 is 0. The molecule has 0 radical (unpaired) electrons. The van der Waals surface area contributed by atoms with E-state index >= 15 is 0 Å². The SMILES string of the molecule is NCCCNc1cccc2c1CN(C1CCC(=O)NC1=O)C2O. The van der Waals surface area contributed by atoms with Crippen LogP contribution >= 0.6 is 0 Å². The summed E-state index contributed by atoms with van der Waals surface area (Å²) in [5, 5.41) is 16.3. The zero-order valence-corrected chi connectivity index (χ0v) is 12.9. The average molecular weight is 318 g/mol. The number of amides is 2. The number of nitrogens with one attached hydrogen (secondary N) is 2. The Morgan fingerprint density at radius 1 is 1.39 bits per heavy atom. The van der Waals surface area contributed by atoms with Gasteiger partial charge in [-0.2, -0.15) is 0 Å². The highest BCUT2D eigenvalue weighted by Gasteiger charge is 2.40. The minimum atomic E-state index is -0.829. The average Bonchev–Trinajstić information content (AvgIpc) is 2.86. The zero-order valence-electron chi connectivity index (χ0n) is 12.9. The second-order valence-electron chi connectivity index (χ2n) is 5.96. The quantitative estimate of drug-likeness (QED) is 0.452. The lowest BCUT2D eigenvalue weighted by Gasteiger charge is -2.31. The fourth-order valence-corrected chi connectivity index (χ4v) is 3.24. The van der Waals surface area contributed by atoms with Gasteiger partial charge in [-0.25, -0.2) is 0 Å². The Hall–Kier alpha value is -1.96. The van der Waals surface area contributed by atoms with E-state index in [1.165, 1.54) is 0 Å². The molecule has 7 heteroatoms. The highest BCUT2D eigenvalue weighted by Crippen LogP contribution is 2.38. The van der Waals surface area contributed by atoms with Gasteiger partial charge in [0.25, 0.3) is 0 Å². The molecule has 2 amide bonds. The molecule has 0 saturated carbocycles. The van der Waals surface area contributed by atoms with Crippen LogP contribution in [0.1, 0.15) is 36.6 Å². The number of imide groups is 1. The molecule has 5 N–H and O–H groups in total. The second-order valence-corrected chi connectivity index (χ2v) is 5.96. The Labute approximate surface area is 134 Å². The first-order valence-electron chi connectivity index (χ1n) is 7.95. The Morgan fingerprint density at radius 2 is 2.22 bits per heavy atom. The first-order valence-corrected chi connectivity index (χ1v) is 7.95. The molecule has 0 aliphatic carbocycles. The number of fused-ring (bicyclic) bond motifs is 1. The summed E-state index contributed by atoms with van der Waals surface area (Å²) in [6.07, 6.45) is 0.775. The van der Waals surface area contributed by atoms with Gasteiger partial charge >= 0.3 is 0 Å². The maximum atomic E-state index is 12.1. The number of aliphatic hydroxyl groups excluding tert-OH is 1. The zero-order chi connectivity index (χ0) is 16.4. The molecule has 1 fully saturated rings. The molecule has 1 saturated heterocycles. The molecule has 2 heterocycles. The molecule has 1 aromatic carbocycles. The molecule has 2 unspecified atom stereocenters. The van der Waals surface area contributed by atoms with Crippen LogP contribution in [0.25, 0.3) is 0 Å². The van der Waals surface area contributed by atoms with Crippen LogP contribution in [0.3, 0.4) is 0 Å². The van der Waals surface area contributed by atoms with Crippen molar-refractivity contribution >= 4 is 17.5 Å². The van der Waals surface area contributed by atoms with Crippen LogP contribution in [0.15, 0.2) is 18.2 Å². The van der Waals surface area contributed by atoms with Gasteiger partial charge in [0.2, 0.25) is 11.8 Å². The minimum absolute atomic E-state index is 0.249. The first kappa shape index (κ1) is 15.9. The van der Waals surface area contributed by atoms with Crippen molar-refractivity contribution in [3.63, 3.8) is 0 Å². The standard InChI is InChI=1S/C16H22N4O3/c17-7-2-8-18-12-4-1-3-10-11(12)9-20(16(10)23)13-5-6-14(21)19-15(13)22/h1,3-4,13,16,18,23H,2,5-9,17H2,(H,19,21,22). The van der Waals surface area contributed by atoms with Crippen molar-refractivity contribution in [1.29, 1.82) is 0 Å². The summed E-state index contributed by atoms with van der Waals surface area (Å²) in [7, 11) is 0. The molecule has 1 aromatic rings. The second kappa shape index (κ2) is 6.66. The number of hydrogen-bond acceptors (Lipinski definition) is 6. The molecular formula is C16H22N4O3. The van der Waals surface area contributed by atoms with Crippen LogP contribution in [0, 0.1) is 0 Å². The number of rotatable bonds is 5. The lowest BCUT2D eigenvalue weighted by Crippen LogP contribution is -2.51. The van der Waals surface area contributed by atoms with E-state index < -0.39 is 12.3 Å². The van der Waals surface area contributed by atoms with Crippen LogP contribution in [-0.2, 0) is 16.1 Å². The van der Waals surface area contributed by atoms with Crippen LogP contribution in [0.5, 0.6) is 0 Å².